The molecular weight excluding hydrogens is 541 g/mol. The highest BCUT2D eigenvalue weighted by atomic mass is 19.1. The van der Waals surface area contributed by atoms with E-state index >= 15 is 4.39 Å². The molecule has 2 heterocycles. The second-order valence-electron chi connectivity index (χ2n) is 11.1. The number of piperazine rings is 1. The largest absolute Gasteiger partial charge is 0.497 e. The first-order chi connectivity index (χ1) is 20.9. The topological polar surface area (TPSA) is 54.8 Å². The Morgan fingerprint density at radius 3 is 2.19 bits per heavy atom. The zero-order chi connectivity index (χ0) is 30.3. The van der Waals surface area contributed by atoms with Crippen LogP contribution >= 0.6 is 0 Å². The van der Waals surface area contributed by atoms with E-state index in [0.717, 1.165) is 12.0 Å². The van der Waals surface area contributed by atoms with Crippen LogP contribution in [0.2, 0.25) is 0 Å². The molecule has 1 aliphatic rings. The first-order valence-electron chi connectivity index (χ1n) is 15.2. The van der Waals surface area contributed by atoms with Crippen molar-refractivity contribution in [1.82, 2.24) is 14.4 Å². The van der Waals surface area contributed by atoms with Crippen molar-refractivity contribution in [3.05, 3.63) is 107 Å². The molecule has 0 unspecified atom stereocenters. The Balaban J connectivity index is 1.31. The minimum absolute atomic E-state index is 0.00757. The number of benzene rings is 3. The molecule has 1 aromatic heterocycles. The van der Waals surface area contributed by atoms with Crippen LogP contribution in [-0.2, 0) is 6.42 Å². The van der Waals surface area contributed by atoms with Gasteiger partial charge in [-0.2, -0.15) is 0 Å². The maximum absolute atomic E-state index is 15.0. The van der Waals surface area contributed by atoms with Crippen molar-refractivity contribution in [2.24, 2.45) is 0 Å². The Labute approximate surface area is 253 Å². The Morgan fingerprint density at radius 1 is 0.814 bits per heavy atom. The number of amides is 2. The van der Waals surface area contributed by atoms with Gasteiger partial charge in [0.25, 0.3) is 11.8 Å². The smallest absolute Gasteiger partial charge is 0.255 e. The lowest BCUT2D eigenvalue weighted by Crippen LogP contribution is -2.50. The fourth-order valence-corrected chi connectivity index (χ4v) is 5.80. The molecule has 0 aliphatic carbocycles. The van der Waals surface area contributed by atoms with Crippen LogP contribution in [0.15, 0.2) is 78.9 Å². The first kappa shape index (κ1) is 30.1. The molecular formula is C36H40FN3O3. The van der Waals surface area contributed by atoms with Gasteiger partial charge in [-0.25, -0.2) is 4.39 Å². The molecule has 6 nitrogen and oxygen atoms in total. The summed E-state index contributed by atoms with van der Waals surface area (Å²) in [7, 11) is 1.60. The summed E-state index contributed by atoms with van der Waals surface area (Å²) in [4.78, 5) is 30.7. The molecule has 0 radical (unpaired) electrons. The van der Waals surface area contributed by atoms with Crippen LogP contribution in [0.5, 0.6) is 5.75 Å². The van der Waals surface area contributed by atoms with Gasteiger partial charge < -0.3 is 19.1 Å². The van der Waals surface area contributed by atoms with Crippen molar-refractivity contribution in [2.75, 3.05) is 33.3 Å². The van der Waals surface area contributed by atoms with Crippen molar-refractivity contribution >= 4 is 11.8 Å². The lowest BCUT2D eigenvalue weighted by molar-refractivity contribution is 0.0535. The maximum Gasteiger partial charge on any atom is 0.255 e. The van der Waals surface area contributed by atoms with Crippen molar-refractivity contribution < 1.29 is 18.7 Å². The van der Waals surface area contributed by atoms with Crippen LogP contribution < -0.4 is 4.74 Å². The van der Waals surface area contributed by atoms with Gasteiger partial charge in [-0.15, -0.1) is 0 Å². The van der Waals surface area contributed by atoms with Crippen LogP contribution in [0.3, 0.4) is 0 Å². The standard InChI is InChI=1S/C36H40FN3O3/c1-4-5-6-7-11-27-16-18-28(19-17-27)35(41)38-20-22-39(23-21-38)36(42)31-25-34(29-12-10-13-30(24-29)43-3)40(26(31)2)33-15-9-8-14-32(33)37/h8-10,12-19,24-25H,4-7,11,20-23H2,1-3H3. The van der Waals surface area contributed by atoms with E-state index in [0.29, 0.717) is 60.1 Å². The normalized spacial score (nSPS) is 13.3. The molecule has 43 heavy (non-hydrogen) atoms. The Morgan fingerprint density at radius 2 is 1.51 bits per heavy atom. The van der Waals surface area contributed by atoms with Gasteiger partial charge in [-0.1, -0.05) is 62.6 Å². The number of methoxy groups -OCH3 is 1. The minimum atomic E-state index is -0.374. The summed E-state index contributed by atoms with van der Waals surface area (Å²) in [5, 5.41) is 0. The molecule has 1 fully saturated rings. The molecule has 0 saturated carbocycles. The Bertz CT molecular complexity index is 1570. The molecule has 5 rings (SSSR count). The number of carbonyl (C=O) groups is 2. The highest BCUT2D eigenvalue weighted by molar-refractivity contribution is 5.98. The van der Waals surface area contributed by atoms with Crippen molar-refractivity contribution in [2.45, 2.75) is 46.0 Å². The maximum atomic E-state index is 15.0. The average Bonchev–Trinajstić information content (AvgIpc) is 3.39. The van der Waals surface area contributed by atoms with Crippen molar-refractivity contribution in [1.29, 1.82) is 0 Å². The number of aryl methyl sites for hydroxylation is 1. The predicted molar refractivity (Wildman–Crippen MR) is 169 cm³/mol. The summed E-state index contributed by atoms with van der Waals surface area (Å²) in [5.74, 6) is 0.163. The van der Waals surface area contributed by atoms with Crippen molar-refractivity contribution in [3.8, 4) is 22.7 Å². The van der Waals surface area contributed by atoms with E-state index in [1.165, 1.54) is 37.3 Å². The average molecular weight is 582 g/mol. The predicted octanol–water partition coefficient (Wildman–Crippen LogP) is 7.32. The monoisotopic (exact) mass is 581 g/mol. The van der Waals surface area contributed by atoms with E-state index in [4.69, 9.17) is 4.74 Å². The molecule has 0 N–H and O–H groups in total. The number of ether oxygens (including phenoxy) is 1. The van der Waals surface area contributed by atoms with Crippen LogP contribution in [0, 0.1) is 12.7 Å². The molecule has 0 bridgehead atoms. The van der Waals surface area contributed by atoms with Gasteiger partial charge >= 0.3 is 0 Å². The second kappa shape index (κ2) is 13.7. The zero-order valence-electron chi connectivity index (χ0n) is 25.3. The van der Waals surface area contributed by atoms with Crippen molar-refractivity contribution in [3.63, 3.8) is 0 Å². The van der Waals surface area contributed by atoms with Gasteiger partial charge in [-0.05, 0) is 67.8 Å². The number of unbranched alkanes of at least 4 members (excludes halogenated alkanes) is 3. The summed E-state index contributed by atoms with van der Waals surface area (Å²) in [6, 6.07) is 23.9. The number of carbonyl (C=O) groups excluding carboxylic acids is 2. The summed E-state index contributed by atoms with van der Waals surface area (Å²) >= 11 is 0. The molecule has 1 saturated heterocycles. The van der Waals surface area contributed by atoms with E-state index in [1.54, 1.807) is 34.8 Å². The highest BCUT2D eigenvalue weighted by Crippen LogP contribution is 2.33. The van der Waals surface area contributed by atoms with Gasteiger partial charge in [0, 0.05) is 43.0 Å². The lowest BCUT2D eigenvalue weighted by Gasteiger charge is -2.35. The minimum Gasteiger partial charge on any atom is -0.497 e. The Kier molecular flexibility index (Phi) is 9.60. The molecule has 2 amide bonds. The summed E-state index contributed by atoms with van der Waals surface area (Å²) in [6.07, 6.45) is 5.91. The summed E-state index contributed by atoms with van der Waals surface area (Å²) in [6.45, 7) is 5.83. The van der Waals surface area contributed by atoms with Crippen LogP contribution in [0.4, 0.5) is 4.39 Å². The number of para-hydroxylation sites is 1. The SMILES string of the molecule is CCCCCCc1ccc(C(=O)N2CCN(C(=O)c3cc(-c4cccc(OC)c4)n(-c4ccccc4F)c3C)CC2)cc1. The molecule has 4 aromatic rings. The number of aromatic nitrogens is 1. The molecule has 1 aliphatic heterocycles. The van der Waals surface area contributed by atoms with Gasteiger partial charge in [0.15, 0.2) is 0 Å². The Hall–Kier alpha value is -4.39. The first-order valence-corrected chi connectivity index (χ1v) is 15.2. The van der Waals surface area contributed by atoms with E-state index in [2.05, 4.69) is 19.1 Å². The van der Waals surface area contributed by atoms with Gasteiger partial charge in [0.2, 0.25) is 0 Å². The lowest BCUT2D eigenvalue weighted by atomic mass is 10.0. The fraction of sp³-hybridized carbons (Fsp3) is 0.333. The molecule has 7 heteroatoms. The number of rotatable bonds is 10. The molecule has 0 atom stereocenters. The van der Waals surface area contributed by atoms with Gasteiger partial charge in [0.05, 0.1) is 24.1 Å². The molecule has 0 spiro atoms. The van der Waals surface area contributed by atoms with Crippen LogP contribution in [0.1, 0.15) is 64.6 Å². The molecule has 3 aromatic carbocycles. The number of halogens is 1. The third kappa shape index (κ3) is 6.66. The summed E-state index contributed by atoms with van der Waals surface area (Å²) in [5.41, 5.74) is 4.99. The quantitative estimate of drug-likeness (QED) is 0.184. The highest BCUT2D eigenvalue weighted by Gasteiger charge is 2.29. The zero-order valence-corrected chi connectivity index (χ0v) is 25.3. The fourth-order valence-electron chi connectivity index (χ4n) is 5.80. The third-order valence-electron chi connectivity index (χ3n) is 8.31. The molecule has 224 valence electrons. The van der Waals surface area contributed by atoms with Crippen LogP contribution in [0.25, 0.3) is 16.9 Å². The van der Waals surface area contributed by atoms with Gasteiger partial charge in [0.1, 0.15) is 11.6 Å². The van der Waals surface area contributed by atoms with E-state index in [-0.39, 0.29) is 17.6 Å². The van der Waals surface area contributed by atoms with Gasteiger partial charge in [-0.3, -0.25) is 9.59 Å². The van der Waals surface area contributed by atoms with E-state index in [1.807, 2.05) is 54.3 Å². The number of hydrogen-bond donors (Lipinski definition) is 0. The third-order valence-corrected chi connectivity index (χ3v) is 8.31. The van der Waals surface area contributed by atoms with Crippen LogP contribution in [-0.4, -0.2) is 59.5 Å². The van der Waals surface area contributed by atoms with E-state index < -0.39 is 0 Å². The second-order valence-corrected chi connectivity index (χ2v) is 11.1. The summed E-state index contributed by atoms with van der Waals surface area (Å²) < 4.78 is 22.3. The number of nitrogens with zero attached hydrogens (tertiary/aromatic N) is 3. The van der Waals surface area contributed by atoms with E-state index in [9.17, 15) is 9.59 Å². The number of hydrogen-bond acceptors (Lipinski definition) is 3.